The molecule has 0 fully saturated rings. The largest absolute Gasteiger partial charge is 0.409 e. The van der Waals surface area contributed by atoms with Crippen molar-refractivity contribution in [2.24, 2.45) is 10.9 Å². The van der Waals surface area contributed by atoms with E-state index in [0.29, 0.717) is 0 Å². The zero-order valence-corrected chi connectivity index (χ0v) is 9.46. The highest BCUT2D eigenvalue weighted by molar-refractivity contribution is 6.08. The van der Waals surface area contributed by atoms with Crippen molar-refractivity contribution in [2.75, 3.05) is 5.32 Å². The molecule has 0 bridgehead atoms. The van der Waals surface area contributed by atoms with Crippen LogP contribution >= 0.6 is 0 Å². The first-order valence-corrected chi connectivity index (χ1v) is 5.05. The van der Waals surface area contributed by atoms with Gasteiger partial charge in [0.25, 0.3) is 5.91 Å². The molecule has 2 aromatic rings. The summed E-state index contributed by atoms with van der Waals surface area (Å²) in [7, 11) is 0. The normalized spacial score (nSPS) is 11.3. The third-order valence-electron chi connectivity index (χ3n) is 2.28. The molecule has 19 heavy (non-hydrogen) atoms. The van der Waals surface area contributed by atoms with Crippen molar-refractivity contribution >= 4 is 17.6 Å². The van der Waals surface area contributed by atoms with Crippen LogP contribution in [0.5, 0.6) is 0 Å². The number of amidine groups is 1. The number of nitrogens with one attached hydrogen (secondary N) is 2. The average Bonchev–Trinajstić information content (AvgIpc) is 2.86. The molecular formula is C10H9FN6O2. The summed E-state index contributed by atoms with van der Waals surface area (Å²) in [6, 6.07) is 1.23. The molecule has 0 aromatic carbocycles. The van der Waals surface area contributed by atoms with Crippen LogP contribution in [0.25, 0.3) is 0 Å². The minimum atomic E-state index is -0.759. The van der Waals surface area contributed by atoms with E-state index in [4.69, 9.17) is 10.9 Å². The molecule has 8 nitrogen and oxygen atoms in total. The topological polar surface area (TPSA) is 129 Å². The first kappa shape index (κ1) is 12.5. The number of halogens is 1. The highest BCUT2D eigenvalue weighted by atomic mass is 19.1. The highest BCUT2D eigenvalue weighted by Crippen LogP contribution is 2.13. The fourth-order valence-electron chi connectivity index (χ4n) is 1.37. The Morgan fingerprint density at radius 3 is 2.95 bits per heavy atom. The van der Waals surface area contributed by atoms with Gasteiger partial charge in [0.1, 0.15) is 5.82 Å². The molecule has 0 aliphatic rings. The van der Waals surface area contributed by atoms with Crippen molar-refractivity contribution in [3.63, 3.8) is 0 Å². The number of rotatable bonds is 3. The van der Waals surface area contributed by atoms with Crippen molar-refractivity contribution in [1.82, 2.24) is 15.2 Å². The number of hydrogen-bond donors (Lipinski definition) is 4. The lowest BCUT2D eigenvalue weighted by atomic mass is 10.2. The number of aromatic nitrogens is 3. The lowest BCUT2D eigenvalue weighted by molar-refractivity contribution is 0.102. The second-order valence-corrected chi connectivity index (χ2v) is 3.45. The number of pyridine rings is 1. The van der Waals surface area contributed by atoms with E-state index >= 15 is 0 Å². The van der Waals surface area contributed by atoms with E-state index < -0.39 is 11.7 Å². The van der Waals surface area contributed by atoms with Gasteiger partial charge in [-0.3, -0.25) is 14.9 Å². The Morgan fingerprint density at radius 2 is 2.26 bits per heavy atom. The lowest BCUT2D eigenvalue weighted by Gasteiger charge is -2.05. The smallest absolute Gasteiger partial charge is 0.259 e. The van der Waals surface area contributed by atoms with Crippen molar-refractivity contribution in [2.45, 2.75) is 0 Å². The maximum absolute atomic E-state index is 13.4. The molecule has 9 heteroatoms. The van der Waals surface area contributed by atoms with Gasteiger partial charge in [0.15, 0.2) is 11.7 Å². The molecule has 0 saturated heterocycles. The first-order chi connectivity index (χ1) is 9.13. The Labute approximate surface area is 106 Å². The van der Waals surface area contributed by atoms with Crippen LogP contribution < -0.4 is 11.1 Å². The van der Waals surface area contributed by atoms with Gasteiger partial charge in [-0.05, 0) is 6.07 Å². The Hall–Kier alpha value is -2.97. The molecule has 0 aliphatic heterocycles. The van der Waals surface area contributed by atoms with Crippen LogP contribution in [-0.4, -0.2) is 32.1 Å². The van der Waals surface area contributed by atoms with Crippen LogP contribution in [0.4, 0.5) is 10.2 Å². The summed E-state index contributed by atoms with van der Waals surface area (Å²) in [5, 5.41) is 19.8. The third-order valence-corrected chi connectivity index (χ3v) is 2.28. The zero-order valence-electron chi connectivity index (χ0n) is 9.46. The molecule has 98 valence electrons. The molecule has 5 N–H and O–H groups in total. The van der Waals surface area contributed by atoms with Gasteiger partial charge in [-0.2, -0.15) is 5.10 Å². The maximum Gasteiger partial charge on any atom is 0.259 e. The molecule has 2 aromatic heterocycles. The zero-order chi connectivity index (χ0) is 13.8. The van der Waals surface area contributed by atoms with E-state index in [2.05, 4.69) is 25.7 Å². The molecular weight excluding hydrogens is 255 g/mol. The summed E-state index contributed by atoms with van der Waals surface area (Å²) in [4.78, 5) is 15.4. The van der Waals surface area contributed by atoms with Crippen molar-refractivity contribution in [1.29, 1.82) is 0 Å². The molecule has 1 amide bonds. The fraction of sp³-hybridized carbons (Fsp3) is 0. The van der Waals surface area contributed by atoms with Gasteiger partial charge in [0, 0.05) is 6.20 Å². The predicted octanol–water partition coefficient (Wildman–Crippen LogP) is 0.291. The summed E-state index contributed by atoms with van der Waals surface area (Å²) < 4.78 is 13.4. The Bertz CT molecular complexity index is 638. The van der Waals surface area contributed by atoms with Crippen LogP contribution in [0, 0.1) is 5.82 Å². The number of nitrogens with two attached hydrogens (primary N) is 1. The number of nitrogens with zero attached hydrogens (tertiary/aromatic N) is 3. The summed E-state index contributed by atoms with van der Waals surface area (Å²) in [6.45, 7) is 0. The molecule has 0 radical (unpaired) electrons. The monoisotopic (exact) mass is 264 g/mol. The number of carbonyl (C=O) groups excluding carboxylic acids is 1. The first-order valence-electron chi connectivity index (χ1n) is 5.05. The van der Waals surface area contributed by atoms with E-state index in [1.54, 1.807) is 0 Å². The second kappa shape index (κ2) is 5.12. The molecule has 2 rings (SSSR count). The second-order valence-electron chi connectivity index (χ2n) is 3.45. The molecule has 0 atom stereocenters. The van der Waals surface area contributed by atoms with E-state index in [0.717, 1.165) is 6.20 Å². The number of H-pyrrole nitrogens is 1. The highest BCUT2D eigenvalue weighted by Gasteiger charge is 2.16. The number of hydrogen-bond acceptors (Lipinski definition) is 5. The van der Waals surface area contributed by atoms with Crippen molar-refractivity contribution in [3.8, 4) is 0 Å². The molecule has 0 aliphatic carbocycles. The minimum absolute atomic E-state index is 0.0940. The Balaban J connectivity index is 2.26. The summed E-state index contributed by atoms with van der Waals surface area (Å²) in [5.74, 6) is -1.61. The van der Waals surface area contributed by atoms with Crippen LogP contribution in [0.15, 0.2) is 29.8 Å². The van der Waals surface area contributed by atoms with E-state index in [1.165, 1.54) is 18.5 Å². The quantitative estimate of drug-likeness (QED) is 0.274. The van der Waals surface area contributed by atoms with Crippen LogP contribution in [-0.2, 0) is 0 Å². The van der Waals surface area contributed by atoms with Gasteiger partial charge in [-0.25, -0.2) is 4.39 Å². The molecule has 0 unspecified atom stereocenters. The summed E-state index contributed by atoms with van der Waals surface area (Å²) in [5.41, 5.74) is 5.39. The number of anilines is 1. The number of carbonyl (C=O) groups is 1. The van der Waals surface area contributed by atoms with E-state index in [-0.39, 0.29) is 22.8 Å². The van der Waals surface area contributed by atoms with E-state index in [1.807, 2.05) is 0 Å². The van der Waals surface area contributed by atoms with Crippen molar-refractivity contribution in [3.05, 3.63) is 41.6 Å². The van der Waals surface area contributed by atoms with Crippen LogP contribution in [0.2, 0.25) is 0 Å². The number of amides is 1. The van der Waals surface area contributed by atoms with Crippen LogP contribution in [0.3, 0.4) is 0 Å². The standard InChI is InChI=1S/C10H9FN6O2/c11-7-4-13-2-1-5(7)10(18)15-9-6(3-14-16-9)8(12)17-19/h1-4,19H,(H2,12,17)(H2,14,15,16,18). The summed E-state index contributed by atoms with van der Waals surface area (Å²) >= 11 is 0. The predicted molar refractivity (Wildman–Crippen MR) is 63.2 cm³/mol. The van der Waals surface area contributed by atoms with Gasteiger partial charge < -0.3 is 16.3 Å². The van der Waals surface area contributed by atoms with Crippen LogP contribution in [0.1, 0.15) is 15.9 Å². The van der Waals surface area contributed by atoms with Gasteiger partial charge in [0.2, 0.25) is 0 Å². The number of aromatic amines is 1. The van der Waals surface area contributed by atoms with Gasteiger partial charge >= 0.3 is 0 Å². The average molecular weight is 264 g/mol. The van der Waals surface area contributed by atoms with Gasteiger partial charge in [0.05, 0.1) is 23.5 Å². The molecule has 0 saturated carbocycles. The van der Waals surface area contributed by atoms with Gasteiger partial charge in [-0.15, -0.1) is 0 Å². The Kier molecular flexibility index (Phi) is 3.37. The fourth-order valence-corrected chi connectivity index (χ4v) is 1.37. The van der Waals surface area contributed by atoms with E-state index in [9.17, 15) is 9.18 Å². The molecule has 0 spiro atoms. The third kappa shape index (κ3) is 2.49. The number of oxime groups is 1. The Morgan fingerprint density at radius 1 is 1.47 bits per heavy atom. The molecule has 2 heterocycles. The van der Waals surface area contributed by atoms with Gasteiger partial charge in [-0.1, -0.05) is 5.16 Å². The lowest BCUT2D eigenvalue weighted by Crippen LogP contribution is -2.19. The minimum Gasteiger partial charge on any atom is -0.409 e. The van der Waals surface area contributed by atoms with Crippen molar-refractivity contribution < 1.29 is 14.4 Å². The SMILES string of the molecule is NC(=NO)c1cn[nH]c1NC(=O)c1ccncc1F. The summed E-state index contributed by atoms with van der Waals surface area (Å²) in [6.07, 6.45) is 3.47. The maximum atomic E-state index is 13.4.